The van der Waals surface area contributed by atoms with Crippen molar-refractivity contribution in [3.8, 4) is 11.5 Å². The molecule has 0 N–H and O–H groups in total. The van der Waals surface area contributed by atoms with Gasteiger partial charge in [-0.1, -0.05) is 54.4 Å². The second kappa shape index (κ2) is 10.7. The summed E-state index contributed by atoms with van der Waals surface area (Å²) in [4.78, 5) is 29.4. The highest BCUT2D eigenvalue weighted by atomic mass is 35.5. The second-order valence-electron chi connectivity index (χ2n) is 9.19. The monoisotopic (exact) mass is 551 g/mol. The van der Waals surface area contributed by atoms with Crippen LogP contribution in [0.3, 0.4) is 0 Å². The molecule has 6 nitrogen and oxygen atoms in total. The Balaban J connectivity index is 1.72. The number of halogens is 2. The van der Waals surface area contributed by atoms with Crippen molar-refractivity contribution < 1.29 is 18.7 Å². The number of fused-ring (bicyclic) bond motifs is 2. The number of nitrogens with zero attached hydrogens (tertiary/aromatic N) is 1. The van der Waals surface area contributed by atoms with Crippen LogP contribution < -0.4 is 14.9 Å². The molecule has 1 atom stereocenters. The number of amides is 1. The lowest BCUT2D eigenvalue weighted by molar-refractivity contribution is 0.0714. The number of hydrogen-bond acceptors (Lipinski definition) is 5. The van der Waals surface area contributed by atoms with E-state index in [0.29, 0.717) is 51.3 Å². The highest BCUT2D eigenvalue weighted by Crippen LogP contribution is 2.42. The van der Waals surface area contributed by atoms with Crippen LogP contribution in [0.2, 0.25) is 10.0 Å². The lowest BCUT2D eigenvalue weighted by atomic mass is 9.97. The average molecular weight is 552 g/mol. The summed E-state index contributed by atoms with van der Waals surface area (Å²) < 4.78 is 17.9. The van der Waals surface area contributed by atoms with E-state index in [1.165, 1.54) is 0 Å². The van der Waals surface area contributed by atoms with E-state index < -0.39 is 6.04 Å². The summed E-state index contributed by atoms with van der Waals surface area (Å²) >= 11 is 12.8. The Hall–Kier alpha value is -3.48. The number of rotatable bonds is 8. The first-order valence-electron chi connectivity index (χ1n) is 12.5. The van der Waals surface area contributed by atoms with Crippen LogP contribution in [-0.2, 0) is 6.54 Å². The van der Waals surface area contributed by atoms with Gasteiger partial charge in [-0.05, 0) is 67.3 Å². The molecule has 1 unspecified atom stereocenters. The molecule has 3 aromatic carbocycles. The molecule has 0 spiro atoms. The number of carbonyl (C=O) groups is 1. The molecular weight excluding hydrogens is 525 g/mol. The van der Waals surface area contributed by atoms with Gasteiger partial charge < -0.3 is 18.8 Å². The van der Waals surface area contributed by atoms with Crippen LogP contribution in [0.1, 0.15) is 59.1 Å². The second-order valence-corrected chi connectivity index (χ2v) is 10.0. The van der Waals surface area contributed by atoms with Crippen molar-refractivity contribution in [3.63, 3.8) is 0 Å². The number of carbonyl (C=O) groups excluding carboxylic acids is 1. The molecule has 1 aliphatic rings. The number of benzene rings is 3. The molecule has 38 heavy (non-hydrogen) atoms. The van der Waals surface area contributed by atoms with Gasteiger partial charge in [-0.15, -0.1) is 0 Å². The number of hydrogen-bond donors (Lipinski definition) is 0. The van der Waals surface area contributed by atoms with Crippen LogP contribution in [-0.4, -0.2) is 24.0 Å². The highest BCUT2D eigenvalue weighted by Gasteiger charge is 2.43. The predicted octanol–water partition coefficient (Wildman–Crippen LogP) is 7.34. The van der Waals surface area contributed by atoms with E-state index in [-0.39, 0.29) is 29.2 Å². The zero-order valence-corrected chi connectivity index (χ0v) is 22.9. The molecule has 1 amide bonds. The van der Waals surface area contributed by atoms with E-state index >= 15 is 0 Å². The first kappa shape index (κ1) is 26.1. The molecule has 4 aromatic rings. The first-order chi connectivity index (χ1) is 18.3. The largest absolute Gasteiger partial charge is 0.490 e. The maximum Gasteiger partial charge on any atom is 0.291 e. The molecule has 5 rings (SSSR count). The lowest BCUT2D eigenvalue weighted by Crippen LogP contribution is -2.29. The highest BCUT2D eigenvalue weighted by molar-refractivity contribution is 6.32. The van der Waals surface area contributed by atoms with Crippen LogP contribution in [0, 0.1) is 6.92 Å². The fraction of sp³-hybridized carbons (Fsp3) is 0.267. The van der Waals surface area contributed by atoms with Gasteiger partial charge in [0.25, 0.3) is 5.91 Å². The summed E-state index contributed by atoms with van der Waals surface area (Å²) in [7, 11) is 0. The van der Waals surface area contributed by atoms with Gasteiger partial charge >= 0.3 is 0 Å². The quantitative estimate of drug-likeness (QED) is 0.229. The molecule has 0 fully saturated rings. The zero-order chi connectivity index (χ0) is 27.0. The van der Waals surface area contributed by atoms with E-state index in [1.54, 1.807) is 23.1 Å². The Labute approximate surface area is 230 Å². The fourth-order valence-electron chi connectivity index (χ4n) is 4.75. The van der Waals surface area contributed by atoms with Crippen LogP contribution in [0.4, 0.5) is 0 Å². The minimum absolute atomic E-state index is 0.0190. The van der Waals surface area contributed by atoms with Gasteiger partial charge in [0.2, 0.25) is 5.76 Å². The Morgan fingerprint density at radius 3 is 2.47 bits per heavy atom. The van der Waals surface area contributed by atoms with Crippen molar-refractivity contribution in [1.82, 2.24) is 4.90 Å². The smallest absolute Gasteiger partial charge is 0.291 e. The third-order valence-electron chi connectivity index (χ3n) is 6.59. The molecule has 0 bridgehead atoms. The van der Waals surface area contributed by atoms with Crippen LogP contribution in [0.15, 0.2) is 63.8 Å². The van der Waals surface area contributed by atoms with Gasteiger partial charge in [0.05, 0.1) is 30.2 Å². The van der Waals surface area contributed by atoms with Gasteiger partial charge in [0.1, 0.15) is 5.58 Å². The minimum atomic E-state index is -0.728. The average Bonchev–Trinajstić information content (AvgIpc) is 3.17. The summed E-state index contributed by atoms with van der Waals surface area (Å²) in [5.74, 6) is 0.777. The molecule has 0 radical (unpaired) electrons. The zero-order valence-electron chi connectivity index (χ0n) is 21.3. The van der Waals surface area contributed by atoms with Crippen LogP contribution in [0.5, 0.6) is 11.5 Å². The third kappa shape index (κ3) is 4.63. The predicted molar refractivity (Wildman–Crippen MR) is 149 cm³/mol. The normalized spacial score (nSPS) is 14.7. The first-order valence-corrected chi connectivity index (χ1v) is 13.3. The van der Waals surface area contributed by atoms with E-state index in [1.807, 2.05) is 57.2 Å². The van der Waals surface area contributed by atoms with Crippen molar-refractivity contribution >= 4 is 40.1 Å². The Morgan fingerprint density at radius 2 is 1.74 bits per heavy atom. The molecule has 1 aromatic heterocycles. The van der Waals surface area contributed by atoms with Gasteiger partial charge in [-0.25, -0.2) is 0 Å². The maximum atomic E-state index is 13.9. The fourth-order valence-corrected chi connectivity index (χ4v) is 5.11. The molecule has 196 valence electrons. The van der Waals surface area contributed by atoms with Crippen molar-refractivity contribution in [3.05, 3.63) is 103 Å². The van der Waals surface area contributed by atoms with Gasteiger partial charge in [0.15, 0.2) is 16.9 Å². The van der Waals surface area contributed by atoms with Crippen molar-refractivity contribution in [1.29, 1.82) is 0 Å². The summed E-state index contributed by atoms with van der Waals surface area (Å²) in [5.41, 5.74) is 2.49. The summed E-state index contributed by atoms with van der Waals surface area (Å²) in [6, 6.07) is 15.4. The Morgan fingerprint density at radius 1 is 0.947 bits per heavy atom. The Bertz CT molecular complexity index is 1600. The maximum absolute atomic E-state index is 13.9. The van der Waals surface area contributed by atoms with E-state index in [4.69, 9.17) is 37.1 Å². The number of aryl methyl sites for hydroxylation is 1. The summed E-state index contributed by atoms with van der Waals surface area (Å²) in [5, 5.41) is 1.31. The van der Waals surface area contributed by atoms with Gasteiger partial charge in [-0.2, -0.15) is 0 Å². The van der Waals surface area contributed by atoms with Crippen molar-refractivity contribution in [2.45, 2.75) is 39.8 Å². The molecule has 0 saturated heterocycles. The molecular formula is C30H27Cl2NO5. The van der Waals surface area contributed by atoms with E-state index in [2.05, 4.69) is 0 Å². The van der Waals surface area contributed by atoms with Crippen molar-refractivity contribution in [2.24, 2.45) is 0 Å². The topological polar surface area (TPSA) is 69.0 Å². The van der Waals surface area contributed by atoms with E-state index in [0.717, 1.165) is 17.5 Å². The minimum Gasteiger partial charge on any atom is -0.490 e. The standard InChI is InChI=1S/C30H27Cl2NO5/c1-4-12-37-23-11-10-18(14-25(23)36-5-2)27-26-28(34)20-15-22(32)17(3)13-24(20)38-29(26)30(35)33(27)16-19-8-6-7-9-21(19)31/h6-11,13-15,27H,4-5,12,16H2,1-3H3. The lowest BCUT2D eigenvalue weighted by Gasteiger charge is -2.26. The molecule has 0 saturated carbocycles. The van der Waals surface area contributed by atoms with Gasteiger partial charge in [0, 0.05) is 16.6 Å². The summed E-state index contributed by atoms with van der Waals surface area (Å²) in [6.45, 7) is 6.89. The summed E-state index contributed by atoms with van der Waals surface area (Å²) in [6.07, 6.45) is 0.847. The SMILES string of the molecule is CCCOc1ccc(C2c3c(oc4cc(C)c(Cl)cc4c3=O)C(=O)N2Cc2ccccc2Cl)cc1OCC. The van der Waals surface area contributed by atoms with Crippen LogP contribution >= 0.6 is 23.2 Å². The number of ether oxygens (including phenoxy) is 2. The molecule has 0 aliphatic carbocycles. The third-order valence-corrected chi connectivity index (χ3v) is 7.37. The molecule has 8 heteroatoms. The Kier molecular flexibility index (Phi) is 7.37. The van der Waals surface area contributed by atoms with E-state index in [9.17, 15) is 9.59 Å². The van der Waals surface area contributed by atoms with Crippen LogP contribution in [0.25, 0.3) is 11.0 Å². The molecule has 1 aliphatic heterocycles. The van der Waals surface area contributed by atoms with Gasteiger partial charge in [-0.3, -0.25) is 9.59 Å². The molecule has 2 heterocycles. The van der Waals surface area contributed by atoms with Crippen molar-refractivity contribution in [2.75, 3.05) is 13.2 Å².